The molecule has 2 N–H and O–H groups in total. The Morgan fingerprint density at radius 1 is 1.82 bits per heavy atom. The van der Waals surface area contributed by atoms with Crippen LogP contribution in [0.2, 0.25) is 0 Å². The van der Waals surface area contributed by atoms with Crippen LogP contribution in [-0.4, -0.2) is 15.9 Å². The van der Waals surface area contributed by atoms with E-state index in [0.29, 0.717) is 6.54 Å². The molecule has 0 saturated heterocycles. The van der Waals surface area contributed by atoms with E-state index in [0.717, 1.165) is 11.4 Å². The van der Waals surface area contributed by atoms with Gasteiger partial charge in [-0.05, 0) is 6.92 Å². The zero-order valence-corrected chi connectivity index (χ0v) is 6.64. The Labute approximate surface area is 65.0 Å². The molecular formula is C7H11N3O. The van der Waals surface area contributed by atoms with Gasteiger partial charge < -0.3 is 10.3 Å². The minimum atomic E-state index is -0.0348. The summed E-state index contributed by atoms with van der Waals surface area (Å²) in [6, 6.07) is 0. The van der Waals surface area contributed by atoms with Gasteiger partial charge in [-0.2, -0.15) is 0 Å². The van der Waals surface area contributed by atoms with Gasteiger partial charge in [-0.15, -0.1) is 0 Å². The number of hydrogen-bond donors (Lipinski definition) is 2. The standard InChI is InChI=1S/C7H11N3O/c1-5-7(10-4-9-5)3-8-6(2)11/h4H,3H2,1-2H3,(H,8,11)(H,9,10). The van der Waals surface area contributed by atoms with Gasteiger partial charge in [0.05, 0.1) is 18.6 Å². The van der Waals surface area contributed by atoms with E-state index in [1.165, 1.54) is 6.92 Å². The van der Waals surface area contributed by atoms with Gasteiger partial charge in [-0.3, -0.25) is 4.79 Å². The number of H-pyrrole nitrogens is 1. The summed E-state index contributed by atoms with van der Waals surface area (Å²) in [5, 5.41) is 2.67. The third-order valence-corrected chi connectivity index (χ3v) is 1.44. The topological polar surface area (TPSA) is 57.8 Å². The van der Waals surface area contributed by atoms with Crippen molar-refractivity contribution in [3.05, 3.63) is 17.7 Å². The first-order valence-electron chi connectivity index (χ1n) is 3.43. The Morgan fingerprint density at radius 3 is 3.00 bits per heavy atom. The van der Waals surface area contributed by atoms with Crippen molar-refractivity contribution in [3.8, 4) is 0 Å². The lowest BCUT2D eigenvalue weighted by molar-refractivity contribution is -0.119. The van der Waals surface area contributed by atoms with E-state index < -0.39 is 0 Å². The third kappa shape index (κ3) is 2.07. The number of nitrogens with zero attached hydrogens (tertiary/aromatic N) is 1. The first-order chi connectivity index (χ1) is 5.20. The van der Waals surface area contributed by atoms with Crippen LogP contribution in [0.4, 0.5) is 0 Å². The minimum absolute atomic E-state index is 0.0348. The quantitative estimate of drug-likeness (QED) is 0.644. The van der Waals surface area contributed by atoms with E-state index in [1.807, 2.05) is 6.92 Å². The van der Waals surface area contributed by atoms with Crippen molar-refractivity contribution in [1.29, 1.82) is 0 Å². The van der Waals surface area contributed by atoms with Crippen LogP contribution in [-0.2, 0) is 11.3 Å². The molecule has 1 amide bonds. The Balaban J connectivity index is 2.51. The van der Waals surface area contributed by atoms with Gasteiger partial charge in [0.25, 0.3) is 0 Å². The fourth-order valence-corrected chi connectivity index (χ4v) is 0.774. The van der Waals surface area contributed by atoms with E-state index in [9.17, 15) is 4.79 Å². The molecule has 1 aromatic heterocycles. The van der Waals surface area contributed by atoms with Gasteiger partial charge in [0.1, 0.15) is 0 Å². The molecular weight excluding hydrogens is 142 g/mol. The molecule has 0 saturated carbocycles. The zero-order chi connectivity index (χ0) is 8.27. The molecule has 0 unspecified atom stereocenters. The summed E-state index contributed by atoms with van der Waals surface area (Å²) in [7, 11) is 0. The van der Waals surface area contributed by atoms with Crippen molar-refractivity contribution in [2.24, 2.45) is 0 Å². The number of nitrogens with one attached hydrogen (secondary N) is 2. The number of hydrogen-bond acceptors (Lipinski definition) is 2. The summed E-state index contributed by atoms with van der Waals surface area (Å²) >= 11 is 0. The minimum Gasteiger partial charge on any atom is -0.351 e. The van der Waals surface area contributed by atoms with Crippen molar-refractivity contribution in [2.45, 2.75) is 20.4 Å². The molecule has 0 aliphatic rings. The molecule has 1 heterocycles. The van der Waals surface area contributed by atoms with Gasteiger partial charge in [0.2, 0.25) is 5.91 Å². The Kier molecular flexibility index (Phi) is 2.25. The average molecular weight is 153 g/mol. The highest BCUT2D eigenvalue weighted by molar-refractivity contribution is 5.72. The number of carbonyl (C=O) groups excluding carboxylic acids is 1. The normalized spacial score (nSPS) is 9.64. The third-order valence-electron chi connectivity index (χ3n) is 1.44. The van der Waals surface area contributed by atoms with Gasteiger partial charge in [-0.1, -0.05) is 0 Å². The predicted molar refractivity (Wildman–Crippen MR) is 40.8 cm³/mol. The van der Waals surface area contributed by atoms with Crippen LogP contribution in [0.25, 0.3) is 0 Å². The second-order valence-corrected chi connectivity index (χ2v) is 2.38. The maximum absolute atomic E-state index is 10.5. The number of rotatable bonds is 2. The molecule has 0 atom stereocenters. The van der Waals surface area contributed by atoms with E-state index >= 15 is 0 Å². The molecule has 0 aromatic carbocycles. The molecule has 1 aromatic rings. The molecule has 0 radical (unpaired) electrons. The van der Waals surface area contributed by atoms with E-state index in [4.69, 9.17) is 0 Å². The van der Waals surface area contributed by atoms with Gasteiger partial charge in [0, 0.05) is 12.6 Å². The number of aromatic amines is 1. The number of carbonyl (C=O) groups is 1. The smallest absolute Gasteiger partial charge is 0.217 e. The van der Waals surface area contributed by atoms with Crippen molar-refractivity contribution >= 4 is 5.91 Å². The second kappa shape index (κ2) is 3.18. The van der Waals surface area contributed by atoms with E-state index in [2.05, 4.69) is 15.3 Å². The van der Waals surface area contributed by atoms with Crippen LogP contribution in [0, 0.1) is 6.92 Å². The summed E-state index contributed by atoms with van der Waals surface area (Å²) in [5.41, 5.74) is 1.89. The van der Waals surface area contributed by atoms with Crippen LogP contribution >= 0.6 is 0 Å². The average Bonchev–Trinajstić information content (AvgIpc) is 2.31. The largest absolute Gasteiger partial charge is 0.351 e. The maximum Gasteiger partial charge on any atom is 0.217 e. The van der Waals surface area contributed by atoms with Gasteiger partial charge >= 0.3 is 0 Å². The first kappa shape index (κ1) is 7.78. The zero-order valence-electron chi connectivity index (χ0n) is 6.64. The molecule has 11 heavy (non-hydrogen) atoms. The van der Waals surface area contributed by atoms with Gasteiger partial charge in [0.15, 0.2) is 0 Å². The number of imidazole rings is 1. The molecule has 0 aliphatic carbocycles. The highest BCUT2D eigenvalue weighted by Crippen LogP contribution is 1.98. The first-order valence-corrected chi connectivity index (χ1v) is 3.43. The lowest BCUT2D eigenvalue weighted by atomic mass is 10.3. The molecule has 0 spiro atoms. The molecule has 0 bridgehead atoms. The SMILES string of the molecule is CC(=O)NCc1nc[nH]c1C. The van der Waals surface area contributed by atoms with E-state index in [1.54, 1.807) is 6.33 Å². The highest BCUT2D eigenvalue weighted by atomic mass is 16.1. The van der Waals surface area contributed by atoms with Crippen LogP contribution in [0.15, 0.2) is 6.33 Å². The van der Waals surface area contributed by atoms with Crippen LogP contribution in [0.5, 0.6) is 0 Å². The molecule has 0 fully saturated rings. The van der Waals surface area contributed by atoms with Crippen LogP contribution < -0.4 is 5.32 Å². The predicted octanol–water partition coefficient (Wildman–Crippen LogP) is 0.354. The van der Waals surface area contributed by atoms with Crippen molar-refractivity contribution in [3.63, 3.8) is 0 Å². The summed E-state index contributed by atoms with van der Waals surface area (Å²) in [5.74, 6) is -0.0348. The van der Waals surface area contributed by atoms with Crippen molar-refractivity contribution in [2.75, 3.05) is 0 Å². The number of aryl methyl sites for hydroxylation is 1. The Bertz CT molecular complexity index is 254. The van der Waals surface area contributed by atoms with Crippen molar-refractivity contribution < 1.29 is 4.79 Å². The number of amides is 1. The van der Waals surface area contributed by atoms with Gasteiger partial charge in [-0.25, -0.2) is 4.98 Å². The second-order valence-electron chi connectivity index (χ2n) is 2.38. The van der Waals surface area contributed by atoms with Crippen LogP contribution in [0.3, 0.4) is 0 Å². The molecule has 4 heteroatoms. The monoisotopic (exact) mass is 153 g/mol. The lowest BCUT2D eigenvalue weighted by Crippen LogP contribution is -2.19. The summed E-state index contributed by atoms with van der Waals surface area (Å²) < 4.78 is 0. The fourth-order valence-electron chi connectivity index (χ4n) is 0.774. The molecule has 0 aliphatic heterocycles. The van der Waals surface area contributed by atoms with Crippen molar-refractivity contribution in [1.82, 2.24) is 15.3 Å². The molecule has 4 nitrogen and oxygen atoms in total. The van der Waals surface area contributed by atoms with Crippen LogP contribution in [0.1, 0.15) is 18.3 Å². The molecule has 60 valence electrons. The summed E-state index contributed by atoms with van der Waals surface area (Å²) in [6.45, 7) is 3.91. The maximum atomic E-state index is 10.5. The summed E-state index contributed by atoms with van der Waals surface area (Å²) in [4.78, 5) is 17.4. The lowest BCUT2D eigenvalue weighted by Gasteiger charge is -1.98. The Morgan fingerprint density at radius 2 is 2.55 bits per heavy atom. The van der Waals surface area contributed by atoms with E-state index in [-0.39, 0.29) is 5.91 Å². The summed E-state index contributed by atoms with van der Waals surface area (Å²) in [6.07, 6.45) is 1.62. The highest BCUT2D eigenvalue weighted by Gasteiger charge is 1.99. The Hall–Kier alpha value is -1.32. The number of aromatic nitrogens is 2. The fraction of sp³-hybridized carbons (Fsp3) is 0.429. The molecule has 1 rings (SSSR count).